The summed E-state index contributed by atoms with van der Waals surface area (Å²) in [6.07, 6.45) is 0. The fourth-order valence-corrected chi connectivity index (χ4v) is 2.18. The van der Waals surface area contributed by atoms with Crippen LogP contribution in [-0.2, 0) is 11.3 Å². The van der Waals surface area contributed by atoms with Crippen molar-refractivity contribution < 1.29 is 4.79 Å². The zero-order valence-corrected chi connectivity index (χ0v) is 11.8. The minimum Gasteiger partial charge on any atom is -0.355 e. The molecule has 0 radical (unpaired) electrons. The fraction of sp³-hybridized carbons (Fsp3) is 0.667. The van der Waals surface area contributed by atoms with Gasteiger partial charge in [-0.2, -0.15) is 0 Å². The molecule has 0 spiro atoms. The quantitative estimate of drug-likeness (QED) is 0.812. The molecule has 17 heavy (non-hydrogen) atoms. The molecule has 0 bridgehead atoms. The van der Waals surface area contributed by atoms with E-state index in [0.717, 1.165) is 17.2 Å². The second kappa shape index (κ2) is 6.71. The number of aryl methyl sites for hydroxylation is 2. The lowest BCUT2D eigenvalue weighted by molar-refractivity contribution is -0.120. The molecule has 1 amide bonds. The van der Waals surface area contributed by atoms with Crippen molar-refractivity contribution in [1.82, 2.24) is 15.6 Å². The first kappa shape index (κ1) is 14.1. The summed E-state index contributed by atoms with van der Waals surface area (Å²) in [6.45, 7) is 9.97. The third kappa shape index (κ3) is 5.28. The van der Waals surface area contributed by atoms with Gasteiger partial charge in [-0.25, -0.2) is 4.98 Å². The number of rotatable bonds is 6. The van der Waals surface area contributed by atoms with Crippen molar-refractivity contribution in [3.63, 3.8) is 0 Å². The Morgan fingerprint density at radius 2 is 2.12 bits per heavy atom. The molecule has 1 aromatic rings. The molecule has 4 nitrogen and oxygen atoms in total. The molecule has 2 N–H and O–H groups in total. The van der Waals surface area contributed by atoms with Crippen molar-refractivity contribution in [3.8, 4) is 0 Å². The Labute approximate surface area is 107 Å². The molecule has 96 valence electrons. The highest BCUT2D eigenvalue weighted by Gasteiger charge is 2.05. The van der Waals surface area contributed by atoms with Crippen molar-refractivity contribution >= 4 is 17.2 Å². The van der Waals surface area contributed by atoms with Gasteiger partial charge in [0.05, 0.1) is 12.2 Å². The molecule has 0 saturated carbocycles. The SMILES string of the molecule is Cc1nc(CNCC(=O)NCC(C)C)sc1C. The highest BCUT2D eigenvalue weighted by atomic mass is 32.1. The first-order valence-electron chi connectivity index (χ1n) is 5.89. The maximum absolute atomic E-state index is 11.4. The van der Waals surface area contributed by atoms with Gasteiger partial charge in [0.15, 0.2) is 0 Å². The molecule has 1 aromatic heterocycles. The number of nitrogens with zero attached hydrogens (tertiary/aromatic N) is 1. The third-order valence-corrected chi connectivity index (χ3v) is 3.41. The maximum atomic E-state index is 11.4. The Kier molecular flexibility index (Phi) is 5.58. The largest absolute Gasteiger partial charge is 0.355 e. The molecule has 5 heteroatoms. The van der Waals surface area contributed by atoms with E-state index in [-0.39, 0.29) is 5.91 Å². The van der Waals surface area contributed by atoms with Crippen LogP contribution in [0.15, 0.2) is 0 Å². The summed E-state index contributed by atoms with van der Waals surface area (Å²) in [6, 6.07) is 0. The topological polar surface area (TPSA) is 54.0 Å². The Balaban J connectivity index is 2.21. The van der Waals surface area contributed by atoms with Crippen LogP contribution in [0.1, 0.15) is 29.4 Å². The lowest BCUT2D eigenvalue weighted by Gasteiger charge is -2.07. The van der Waals surface area contributed by atoms with E-state index < -0.39 is 0 Å². The van der Waals surface area contributed by atoms with Crippen LogP contribution in [0.5, 0.6) is 0 Å². The third-order valence-electron chi connectivity index (χ3n) is 2.34. The van der Waals surface area contributed by atoms with Gasteiger partial charge >= 0.3 is 0 Å². The van der Waals surface area contributed by atoms with Crippen molar-refractivity contribution in [2.75, 3.05) is 13.1 Å². The van der Waals surface area contributed by atoms with Gasteiger partial charge in [0, 0.05) is 18.0 Å². The van der Waals surface area contributed by atoms with Gasteiger partial charge < -0.3 is 10.6 Å². The highest BCUT2D eigenvalue weighted by molar-refractivity contribution is 7.11. The summed E-state index contributed by atoms with van der Waals surface area (Å²) in [7, 11) is 0. The summed E-state index contributed by atoms with van der Waals surface area (Å²) in [4.78, 5) is 17.1. The molecule has 0 aromatic carbocycles. The van der Waals surface area contributed by atoms with Crippen LogP contribution in [0.25, 0.3) is 0 Å². The number of thiazole rings is 1. The van der Waals surface area contributed by atoms with Crippen molar-refractivity contribution in [3.05, 3.63) is 15.6 Å². The fourth-order valence-electron chi connectivity index (χ4n) is 1.28. The van der Waals surface area contributed by atoms with Crippen molar-refractivity contribution in [1.29, 1.82) is 0 Å². The number of nitrogens with one attached hydrogen (secondary N) is 2. The summed E-state index contributed by atoms with van der Waals surface area (Å²) in [5.74, 6) is 0.534. The number of hydrogen-bond acceptors (Lipinski definition) is 4. The second-order valence-corrected chi connectivity index (χ2v) is 5.84. The highest BCUT2D eigenvalue weighted by Crippen LogP contribution is 2.15. The molecule has 0 saturated heterocycles. The van der Waals surface area contributed by atoms with Crippen LogP contribution in [-0.4, -0.2) is 24.0 Å². The van der Waals surface area contributed by atoms with Gasteiger partial charge in [0.25, 0.3) is 0 Å². The zero-order valence-electron chi connectivity index (χ0n) is 11.0. The first-order valence-corrected chi connectivity index (χ1v) is 6.71. The molecular weight excluding hydrogens is 234 g/mol. The molecule has 0 fully saturated rings. The Morgan fingerprint density at radius 3 is 2.65 bits per heavy atom. The summed E-state index contributed by atoms with van der Waals surface area (Å²) in [5, 5.41) is 7.01. The van der Waals surface area contributed by atoms with E-state index in [0.29, 0.717) is 19.0 Å². The number of aromatic nitrogens is 1. The molecule has 1 heterocycles. The lowest BCUT2D eigenvalue weighted by Crippen LogP contribution is -2.35. The predicted molar refractivity (Wildman–Crippen MR) is 71.1 cm³/mol. The standard InChI is InChI=1S/C12H21N3OS/c1-8(2)5-14-11(16)6-13-7-12-15-9(3)10(4)17-12/h8,13H,5-7H2,1-4H3,(H,14,16). The van der Waals surface area contributed by atoms with E-state index in [1.807, 2.05) is 6.92 Å². The second-order valence-electron chi connectivity index (χ2n) is 4.55. The average Bonchev–Trinajstić information content (AvgIpc) is 2.55. The van der Waals surface area contributed by atoms with Crippen LogP contribution in [0, 0.1) is 19.8 Å². The molecule has 0 aliphatic heterocycles. The summed E-state index contributed by atoms with van der Waals surface area (Å²) in [5.41, 5.74) is 1.08. The van der Waals surface area contributed by atoms with Crippen LogP contribution in [0.3, 0.4) is 0 Å². The van der Waals surface area contributed by atoms with Crippen LogP contribution in [0.4, 0.5) is 0 Å². The van der Waals surface area contributed by atoms with Crippen LogP contribution in [0.2, 0.25) is 0 Å². The predicted octanol–water partition coefficient (Wildman–Crippen LogP) is 1.62. The van der Waals surface area contributed by atoms with E-state index in [1.165, 1.54) is 4.88 Å². The van der Waals surface area contributed by atoms with E-state index in [2.05, 4.69) is 36.4 Å². The van der Waals surface area contributed by atoms with Crippen LogP contribution < -0.4 is 10.6 Å². The normalized spacial score (nSPS) is 10.9. The average molecular weight is 255 g/mol. The summed E-state index contributed by atoms with van der Waals surface area (Å²) >= 11 is 1.68. The Bertz CT molecular complexity index is 354. The van der Waals surface area contributed by atoms with Gasteiger partial charge in [-0.3, -0.25) is 4.79 Å². The monoisotopic (exact) mass is 255 g/mol. The molecule has 0 aliphatic rings. The molecule has 0 atom stereocenters. The van der Waals surface area contributed by atoms with Crippen molar-refractivity contribution in [2.45, 2.75) is 34.2 Å². The van der Waals surface area contributed by atoms with Gasteiger partial charge in [0.1, 0.15) is 5.01 Å². The lowest BCUT2D eigenvalue weighted by atomic mass is 10.2. The smallest absolute Gasteiger partial charge is 0.233 e. The van der Waals surface area contributed by atoms with Gasteiger partial charge in [-0.15, -0.1) is 11.3 Å². The number of carbonyl (C=O) groups excluding carboxylic acids is 1. The van der Waals surface area contributed by atoms with E-state index in [1.54, 1.807) is 11.3 Å². The number of carbonyl (C=O) groups is 1. The Hall–Kier alpha value is -0.940. The summed E-state index contributed by atoms with van der Waals surface area (Å²) < 4.78 is 0. The molecule has 0 unspecified atom stereocenters. The Morgan fingerprint density at radius 1 is 1.41 bits per heavy atom. The van der Waals surface area contributed by atoms with Gasteiger partial charge in [0.2, 0.25) is 5.91 Å². The van der Waals surface area contributed by atoms with E-state index in [4.69, 9.17) is 0 Å². The van der Waals surface area contributed by atoms with E-state index in [9.17, 15) is 4.79 Å². The molecule has 1 rings (SSSR count). The molecule has 0 aliphatic carbocycles. The van der Waals surface area contributed by atoms with Gasteiger partial charge in [-0.1, -0.05) is 13.8 Å². The minimum absolute atomic E-state index is 0.0451. The zero-order chi connectivity index (χ0) is 12.8. The number of amides is 1. The maximum Gasteiger partial charge on any atom is 0.233 e. The number of hydrogen-bond donors (Lipinski definition) is 2. The minimum atomic E-state index is 0.0451. The first-order chi connectivity index (χ1) is 7.99. The van der Waals surface area contributed by atoms with Crippen molar-refractivity contribution in [2.24, 2.45) is 5.92 Å². The van der Waals surface area contributed by atoms with Crippen LogP contribution >= 0.6 is 11.3 Å². The molecular formula is C12H21N3OS. The van der Waals surface area contributed by atoms with E-state index >= 15 is 0 Å². The van der Waals surface area contributed by atoms with Gasteiger partial charge in [-0.05, 0) is 19.8 Å².